The molecule has 2 atom stereocenters. The van der Waals surface area contributed by atoms with Gasteiger partial charge in [-0.15, -0.1) is 0 Å². The molecule has 0 radical (unpaired) electrons. The molecule has 1 N–H and O–H groups in total. The zero-order valence-corrected chi connectivity index (χ0v) is 14.9. The minimum absolute atomic E-state index is 0.113. The van der Waals surface area contributed by atoms with Crippen molar-refractivity contribution < 1.29 is 18.5 Å². The van der Waals surface area contributed by atoms with Crippen LogP contribution in [0.2, 0.25) is 0 Å². The predicted octanol–water partition coefficient (Wildman–Crippen LogP) is 3.86. The molecule has 3 aromatic rings. The molecule has 1 aromatic carbocycles. The van der Waals surface area contributed by atoms with Crippen LogP contribution in [0.5, 0.6) is 5.75 Å². The number of methoxy groups -OCH3 is 1. The number of rotatable bonds is 7. The third-order valence-corrected chi connectivity index (χ3v) is 4.30. The second-order valence-corrected chi connectivity index (χ2v) is 6.00. The fraction of sp³-hybridized carbons (Fsp3) is 0.316. The Morgan fingerprint density at radius 3 is 2.65 bits per heavy atom. The van der Waals surface area contributed by atoms with E-state index in [1.165, 1.54) is 0 Å². The summed E-state index contributed by atoms with van der Waals surface area (Å²) in [6, 6.07) is 10.0. The molecule has 0 saturated carbocycles. The molecule has 0 spiro atoms. The lowest BCUT2D eigenvalue weighted by atomic mass is 9.98. The molecule has 0 aliphatic carbocycles. The van der Waals surface area contributed by atoms with Crippen LogP contribution >= 0.6 is 0 Å². The van der Waals surface area contributed by atoms with Crippen LogP contribution in [0, 0.1) is 5.92 Å². The van der Waals surface area contributed by atoms with Gasteiger partial charge in [-0.1, -0.05) is 25.4 Å². The van der Waals surface area contributed by atoms with Crippen LogP contribution in [0.25, 0.3) is 11.6 Å². The lowest BCUT2D eigenvalue weighted by Gasteiger charge is -2.20. The Balaban J connectivity index is 1.80. The van der Waals surface area contributed by atoms with Crippen LogP contribution in [-0.2, 0) is 0 Å². The number of nitrogens with zero attached hydrogens (tertiary/aromatic N) is 2. The molecule has 0 fully saturated rings. The quantitative estimate of drug-likeness (QED) is 0.692. The van der Waals surface area contributed by atoms with Gasteiger partial charge in [0.1, 0.15) is 11.8 Å². The summed E-state index contributed by atoms with van der Waals surface area (Å²) in [5.74, 6) is 1.83. The molecule has 2 unspecified atom stereocenters. The number of hydrogen-bond acceptors (Lipinski definition) is 6. The van der Waals surface area contributed by atoms with E-state index in [0.717, 1.165) is 6.42 Å². The maximum absolute atomic E-state index is 12.6. The largest absolute Gasteiger partial charge is 0.497 e. The van der Waals surface area contributed by atoms with Gasteiger partial charge in [0, 0.05) is 5.56 Å². The van der Waals surface area contributed by atoms with Crippen molar-refractivity contribution in [3.05, 3.63) is 54.1 Å². The zero-order valence-electron chi connectivity index (χ0n) is 14.9. The van der Waals surface area contributed by atoms with Crippen molar-refractivity contribution >= 4 is 5.91 Å². The van der Waals surface area contributed by atoms with Gasteiger partial charge in [0.05, 0.1) is 13.4 Å². The van der Waals surface area contributed by atoms with Crippen molar-refractivity contribution in [1.82, 2.24) is 15.5 Å². The standard InChI is InChI=1S/C19H21N3O4/c1-4-12(2)16(19-21-17(22-26-19)15-6-5-11-25-15)20-18(23)13-7-9-14(24-3)10-8-13/h5-12,16H,4H2,1-3H3,(H,20,23). The SMILES string of the molecule is CCC(C)C(NC(=O)c1ccc(OC)cc1)c1nc(-c2ccco2)no1. The van der Waals surface area contributed by atoms with Crippen LogP contribution < -0.4 is 10.1 Å². The summed E-state index contributed by atoms with van der Waals surface area (Å²) in [4.78, 5) is 17.0. The smallest absolute Gasteiger partial charge is 0.251 e. The first-order valence-corrected chi connectivity index (χ1v) is 8.44. The zero-order chi connectivity index (χ0) is 18.5. The molecule has 3 rings (SSSR count). The number of carbonyl (C=O) groups is 1. The van der Waals surface area contributed by atoms with Crippen LogP contribution in [0.1, 0.15) is 42.6 Å². The number of furan rings is 1. The highest BCUT2D eigenvalue weighted by Crippen LogP contribution is 2.26. The van der Waals surface area contributed by atoms with E-state index in [4.69, 9.17) is 13.7 Å². The molecular weight excluding hydrogens is 334 g/mol. The number of aromatic nitrogens is 2. The molecule has 1 amide bonds. The second kappa shape index (κ2) is 7.86. The van der Waals surface area contributed by atoms with Crippen molar-refractivity contribution in [2.24, 2.45) is 5.92 Å². The monoisotopic (exact) mass is 355 g/mol. The van der Waals surface area contributed by atoms with Gasteiger partial charge in [0.15, 0.2) is 5.76 Å². The third-order valence-electron chi connectivity index (χ3n) is 4.30. The van der Waals surface area contributed by atoms with Gasteiger partial charge in [-0.3, -0.25) is 4.79 Å². The summed E-state index contributed by atoms with van der Waals surface area (Å²) in [6.45, 7) is 4.07. The Morgan fingerprint density at radius 1 is 1.27 bits per heavy atom. The summed E-state index contributed by atoms with van der Waals surface area (Å²) in [5, 5.41) is 6.94. The molecule has 7 heteroatoms. The topological polar surface area (TPSA) is 90.4 Å². The van der Waals surface area contributed by atoms with Crippen LogP contribution in [-0.4, -0.2) is 23.2 Å². The van der Waals surface area contributed by atoms with Gasteiger partial charge in [-0.25, -0.2) is 0 Å². The van der Waals surface area contributed by atoms with Gasteiger partial charge in [0.2, 0.25) is 11.7 Å². The van der Waals surface area contributed by atoms with Crippen molar-refractivity contribution in [2.45, 2.75) is 26.3 Å². The van der Waals surface area contributed by atoms with E-state index < -0.39 is 6.04 Å². The van der Waals surface area contributed by atoms with E-state index in [0.29, 0.717) is 28.8 Å². The number of benzene rings is 1. The fourth-order valence-electron chi connectivity index (χ4n) is 2.52. The number of amides is 1. The van der Waals surface area contributed by atoms with Crippen LogP contribution in [0.3, 0.4) is 0 Å². The molecule has 2 aromatic heterocycles. The molecule has 0 aliphatic heterocycles. The predicted molar refractivity (Wildman–Crippen MR) is 94.7 cm³/mol. The van der Waals surface area contributed by atoms with Crippen molar-refractivity contribution in [3.8, 4) is 17.3 Å². The maximum atomic E-state index is 12.6. The fourth-order valence-corrected chi connectivity index (χ4v) is 2.52. The highest BCUT2D eigenvalue weighted by Gasteiger charge is 2.27. The van der Waals surface area contributed by atoms with E-state index in [2.05, 4.69) is 15.5 Å². The average molecular weight is 355 g/mol. The number of nitrogens with one attached hydrogen (secondary N) is 1. The van der Waals surface area contributed by atoms with Crippen molar-refractivity contribution in [2.75, 3.05) is 7.11 Å². The van der Waals surface area contributed by atoms with Crippen molar-refractivity contribution in [3.63, 3.8) is 0 Å². The summed E-state index contributed by atoms with van der Waals surface area (Å²) < 4.78 is 15.8. The van der Waals surface area contributed by atoms with E-state index in [9.17, 15) is 4.79 Å². The highest BCUT2D eigenvalue weighted by atomic mass is 16.5. The Bertz CT molecular complexity index is 840. The molecule has 26 heavy (non-hydrogen) atoms. The molecule has 2 heterocycles. The van der Waals surface area contributed by atoms with Crippen molar-refractivity contribution in [1.29, 1.82) is 0 Å². The average Bonchev–Trinajstić information content (AvgIpc) is 3.36. The van der Waals surface area contributed by atoms with Gasteiger partial charge in [-0.2, -0.15) is 4.98 Å². The first-order valence-electron chi connectivity index (χ1n) is 8.44. The van der Waals surface area contributed by atoms with E-state index in [-0.39, 0.29) is 11.8 Å². The minimum Gasteiger partial charge on any atom is -0.497 e. The Kier molecular flexibility index (Phi) is 5.36. The molecule has 0 aliphatic rings. The highest BCUT2D eigenvalue weighted by molar-refractivity contribution is 5.94. The van der Waals surface area contributed by atoms with Gasteiger partial charge in [-0.05, 0) is 42.3 Å². The molecule has 136 valence electrons. The lowest BCUT2D eigenvalue weighted by molar-refractivity contribution is 0.0910. The van der Waals surface area contributed by atoms with Crippen LogP contribution in [0.15, 0.2) is 51.6 Å². The molecular formula is C19H21N3O4. The minimum atomic E-state index is -0.397. The normalized spacial score (nSPS) is 13.2. The third kappa shape index (κ3) is 3.77. The lowest BCUT2D eigenvalue weighted by Crippen LogP contribution is -2.32. The summed E-state index contributed by atoms with van der Waals surface area (Å²) in [5.41, 5.74) is 0.532. The summed E-state index contributed by atoms with van der Waals surface area (Å²) in [7, 11) is 1.58. The van der Waals surface area contributed by atoms with Gasteiger partial charge in [0.25, 0.3) is 5.91 Å². The van der Waals surface area contributed by atoms with Gasteiger partial charge < -0.3 is 19.0 Å². The summed E-state index contributed by atoms with van der Waals surface area (Å²) >= 11 is 0. The van der Waals surface area contributed by atoms with E-state index in [1.807, 2.05) is 13.8 Å². The molecule has 7 nitrogen and oxygen atoms in total. The number of carbonyl (C=O) groups excluding carboxylic acids is 1. The molecule has 0 saturated heterocycles. The van der Waals surface area contributed by atoms with Crippen LogP contribution in [0.4, 0.5) is 0 Å². The van der Waals surface area contributed by atoms with Gasteiger partial charge >= 0.3 is 0 Å². The Labute approximate surface area is 151 Å². The first kappa shape index (κ1) is 17.7. The second-order valence-electron chi connectivity index (χ2n) is 6.00. The molecule has 0 bridgehead atoms. The first-order chi connectivity index (χ1) is 12.6. The number of ether oxygens (including phenoxy) is 1. The van der Waals surface area contributed by atoms with E-state index >= 15 is 0 Å². The number of hydrogen-bond donors (Lipinski definition) is 1. The maximum Gasteiger partial charge on any atom is 0.251 e. The Morgan fingerprint density at radius 2 is 2.04 bits per heavy atom. The Hall–Kier alpha value is -3.09. The van der Waals surface area contributed by atoms with E-state index in [1.54, 1.807) is 49.8 Å². The summed E-state index contributed by atoms with van der Waals surface area (Å²) in [6.07, 6.45) is 2.38.